The van der Waals surface area contributed by atoms with E-state index in [-0.39, 0.29) is 24.0 Å². The van der Waals surface area contributed by atoms with Gasteiger partial charge in [0, 0.05) is 30.6 Å². The lowest BCUT2D eigenvalue weighted by Crippen LogP contribution is -2.44. The van der Waals surface area contributed by atoms with Gasteiger partial charge in [-0.1, -0.05) is 19.9 Å². The van der Waals surface area contributed by atoms with E-state index in [0.29, 0.717) is 12.1 Å². The first kappa shape index (κ1) is 27.6. The van der Waals surface area contributed by atoms with Crippen molar-refractivity contribution in [3.63, 3.8) is 0 Å². The molecule has 0 aromatic carbocycles. The van der Waals surface area contributed by atoms with Crippen LogP contribution in [0.25, 0.3) is 0 Å². The lowest BCUT2D eigenvalue weighted by atomic mass is 10.1. The van der Waals surface area contributed by atoms with Crippen molar-refractivity contribution < 1.29 is 4.74 Å². The second kappa shape index (κ2) is 16.2. The van der Waals surface area contributed by atoms with Crippen molar-refractivity contribution in [1.82, 2.24) is 20.4 Å². The minimum Gasteiger partial charge on any atom is -0.379 e. The minimum atomic E-state index is 0. The summed E-state index contributed by atoms with van der Waals surface area (Å²) >= 11 is 1.82. The first-order valence-electron chi connectivity index (χ1n) is 11.3. The molecular formula is C22H42IN5OS. The van der Waals surface area contributed by atoms with Crippen molar-refractivity contribution in [1.29, 1.82) is 0 Å². The average molecular weight is 552 g/mol. The van der Waals surface area contributed by atoms with Gasteiger partial charge in [-0.3, -0.25) is 9.89 Å². The molecule has 1 aromatic rings. The minimum absolute atomic E-state index is 0. The summed E-state index contributed by atoms with van der Waals surface area (Å²) in [7, 11) is 0. The highest BCUT2D eigenvalue weighted by Crippen LogP contribution is 2.26. The summed E-state index contributed by atoms with van der Waals surface area (Å²) in [6, 6.07) is 5.11. The number of ether oxygens (including phenoxy) is 1. The molecule has 2 unspecified atom stereocenters. The molecule has 0 aliphatic carbocycles. The van der Waals surface area contributed by atoms with Crippen LogP contribution < -0.4 is 10.6 Å². The van der Waals surface area contributed by atoms with Gasteiger partial charge in [0.15, 0.2) is 5.96 Å². The highest BCUT2D eigenvalue weighted by atomic mass is 127. The van der Waals surface area contributed by atoms with Crippen molar-refractivity contribution in [3.05, 3.63) is 22.4 Å². The summed E-state index contributed by atoms with van der Waals surface area (Å²) in [5.74, 6) is 0.928. The Hall–Kier alpha value is -0.420. The summed E-state index contributed by atoms with van der Waals surface area (Å²) in [6.45, 7) is 17.5. The van der Waals surface area contributed by atoms with Gasteiger partial charge in [-0.2, -0.15) is 0 Å². The fourth-order valence-electron chi connectivity index (χ4n) is 3.72. The Labute approximate surface area is 204 Å². The van der Waals surface area contributed by atoms with Crippen LogP contribution in [-0.2, 0) is 4.74 Å². The van der Waals surface area contributed by atoms with Crippen LogP contribution in [0, 0.1) is 0 Å². The molecule has 2 atom stereocenters. The van der Waals surface area contributed by atoms with Crippen molar-refractivity contribution in [2.24, 2.45) is 4.99 Å². The fraction of sp³-hybridized carbons (Fsp3) is 0.773. The third-order valence-corrected chi connectivity index (χ3v) is 6.49. The molecule has 0 saturated carbocycles. The van der Waals surface area contributed by atoms with Gasteiger partial charge in [0.05, 0.1) is 25.8 Å². The fourth-order valence-corrected chi connectivity index (χ4v) is 4.57. The zero-order valence-corrected chi connectivity index (χ0v) is 22.4. The lowest BCUT2D eigenvalue weighted by molar-refractivity contribution is 0.0186. The number of hydrogen-bond acceptors (Lipinski definition) is 5. The lowest BCUT2D eigenvalue weighted by Gasteiger charge is -2.33. The molecule has 2 rings (SSSR count). The number of hydrogen-bond donors (Lipinski definition) is 2. The van der Waals surface area contributed by atoms with E-state index in [1.54, 1.807) is 0 Å². The second-order valence-corrected chi connectivity index (χ2v) is 8.59. The zero-order valence-electron chi connectivity index (χ0n) is 19.2. The van der Waals surface area contributed by atoms with Crippen LogP contribution in [0.5, 0.6) is 0 Å². The maximum absolute atomic E-state index is 5.55. The first-order valence-corrected chi connectivity index (χ1v) is 12.2. The standard InChI is InChI=1S/C22H41N5OS.HI/c1-5-23-22(25-19(4)10-8-12-26(6-2)7-3)24-18-20(21-11-9-17-29-21)27-13-15-28-16-14-27;/h9,11,17,19-20H,5-8,10,12-16,18H2,1-4H3,(H2,23,24,25);1H. The van der Waals surface area contributed by atoms with Crippen LogP contribution in [-0.4, -0.2) is 80.8 Å². The Morgan fingerprint density at radius 3 is 2.60 bits per heavy atom. The number of nitrogens with zero attached hydrogens (tertiary/aromatic N) is 3. The summed E-state index contributed by atoms with van der Waals surface area (Å²) in [5.41, 5.74) is 0. The van der Waals surface area contributed by atoms with Gasteiger partial charge in [-0.05, 0) is 57.8 Å². The number of aliphatic imine (C=N–C) groups is 1. The Kier molecular flexibility index (Phi) is 15.0. The van der Waals surface area contributed by atoms with Crippen molar-refractivity contribution in [2.45, 2.75) is 52.6 Å². The van der Waals surface area contributed by atoms with E-state index in [2.05, 4.69) is 65.6 Å². The van der Waals surface area contributed by atoms with Gasteiger partial charge in [0.2, 0.25) is 0 Å². The quantitative estimate of drug-likeness (QED) is 0.235. The number of morpholine rings is 1. The van der Waals surface area contributed by atoms with Crippen LogP contribution in [0.2, 0.25) is 0 Å². The van der Waals surface area contributed by atoms with Gasteiger partial charge in [0.25, 0.3) is 0 Å². The van der Waals surface area contributed by atoms with E-state index in [1.165, 1.54) is 17.8 Å². The Balaban J connectivity index is 0.00000450. The highest BCUT2D eigenvalue weighted by Gasteiger charge is 2.23. The highest BCUT2D eigenvalue weighted by molar-refractivity contribution is 14.0. The SMILES string of the molecule is CCNC(=NCC(c1cccs1)N1CCOCC1)NC(C)CCCN(CC)CC.I. The van der Waals surface area contributed by atoms with E-state index in [4.69, 9.17) is 9.73 Å². The third-order valence-electron chi connectivity index (χ3n) is 5.51. The molecule has 8 heteroatoms. The normalized spacial score (nSPS) is 17.4. The zero-order chi connectivity index (χ0) is 20.9. The monoisotopic (exact) mass is 551 g/mol. The molecule has 1 fully saturated rings. The molecule has 0 amide bonds. The molecule has 1 aromatic heterocycles. The second-order valence-electron chi connectivity index (χ2n) is 7.61. The number of halogens is 1. The summed E-state index contributed by atoms with van der Waals surface area (Å²) in [6.07, 6.45) is 2.36. The van der Waals surface area contributed by atoms with Gasteiger partial charge in [-0.15, -0.1) is 35.3 Å². The topological polar surface area (TPSA) is 52.1 Å². The summed E-state index contributed by atoms with van der Waals surface area (Å²) in [5, 5.41) is 9.20. The average Bonchev–Trinajstić information content (AvgIpc) is 3.27. The largest absolute Gasteiger partial charge is 0.379 e. The van der Waals surface area contributed by atoms with Gasteiger partial charge >= 0.3 is 0 Å². The molecule has 0 bridgehead atoms. The molecule has 174 valence electrons. The Bertz CT molecular complexity index is 562. The Morgan fingerprint density at radius 2 is 2.00 bits per heavy atom. The predicted octanol–water partition coefficient (Wildman–Crippen LogP) is 3.81. The number of thiophene rings is 1. The summed E-state index contributed by atoms with van der Waals surface area (Å²) < 4.78 is 5.55. The third kappa shape index (κ3) is 9.80. The van der Waals surface area contributed by atoms with Crippen LogP contribution in [0.4, 0.5) is 0 Å². The van der Waals surface area contributed by atoms with E-state index in [0.717, 1.165) is 64.9 Å². The van der Waals surface area contributed by atoms with Gasteiger partial charge < -0.3 is 20.3 Å². The summed E-state index contributed by atoms with van der Waals surface area (Å²) in [4.78, 5) is 11.4. The first-order chi connectivity index (χ1) is 14.2. The maximum atomic E-state index is 5.55. The van der Waals surface area contributed by atoms with Gasteiger partial charge in [0.1, 0.15) is 0 Å². The number of rotatable bonds is 12. The molecule has 6 nitrogen and oxygen atoms in total. The molecule has 1 saturated heterocycles. The Morgan fingerprint density at radius 1 is 1.27 bits per heavy atom. The van der Waals surface area contributed by atoms with Crippen LogP contribution in [0.3, 0.4) is 0 Å². The predicted molar refractivity (Wildman–Crippen MR) is 140 cm³/mol. The van der Waals surface area contributed by atoms with Crippen LogP contribution >= 0.6 is 35.3 Å². The van der Waals surface area contributed by atoms with E-state index >= 15 is 0 Å². The van der Waals surface area contributed by atoms with Crippen LogP contribution in [0.1, 0.15) is 51.5 Å². The van der Waals surface area contributed by atoms with Crippen LogP contribution in [0.15, 0.2) is 22.5 Å². The molecule has 0 spiro atoms. The van der Waals surface area contributed by atoms with Crippen molar-refractivity contribution in [2.75, 3.05) is 59.0 Å². The van der Waals surface area contributed by atoms with E-state index in [9.17, 15) is 0 Å². The molecular weight excluding hydrogens is 509 g/mol. The molecule has 1 aliphatic rings. The molecule has 2 N–H and O–H groups in total. The van der Waals surface area contributed by atoms with E-state index < -0.39 is 0 Å². The maximum Gasteiger partial charge on any atom is 0.191 e. The van der Waals surface area contributed by atoms with Crippen molar-refractivity contribution in [3.8, 4) is 0 Å². The van der Waals surface area contributed by atoms with Gasteiger partial charge in [-0.25, -0.2) is 0 Å². The van der Waals surface area contributed by atoms with Crippen molar-refractivity contribution >= 4 is 41.3 Å². The smallest absolute Gasteiger partial charge is 0.191 e. The molecule has 2 heterocycles. The number of nitrogens with one attached hydrogen (secondary N) is 2. The molecule has 0 radical (unpaired) electrons. The number of guanidine groups is 1. The molecule has 30 heavy (non-hydrogen) atoms. The molecule has 1 aliphatic heterocycles. The van der Waals surface area contributed by atoms with E-state index in [1.807, 2.05) is 11.3 Å².